The molecular weight excluding hydrogens is 402 g/mol. The lowest BCUT2D eigenvalue weighted by molar-refractivity contribution is 0.102. The van der Waals surface area contributed by atoms with Crippen molar-refractivity contribution in [3.8, 4) is 5.75 Å². The van der Waals surface area contributed by atoms with Crippen molar-refractivity contribution in [2.45, 2.75) is 4.90 Å². The van der Waals surface area contributed by atoms with E-state index < -0.39 is 15.9 Å². The molecule has 28 heavy (non-hydrogen) atoms. The average molecular weight is 424 g/mol. The van der Waals surface area contributed by atoms with Gasteiger partial charge in [0.2, 0.25) is 10.0 Å². The number of carbonyl (C=O) groups is 1. The molecule has 1 aliphatic heterocycles. The van der Waals surface area contributed by atoms with Gasteiger partial charge in [0.1, 0.15) is 5.75 Å². The molecule has 1 heterocycles. The van der Waals surface area contributed by atoms with E-state index in [1.807, 2.05) is 7.05 Å². The number of methoxy groups -OCH3 is 1. The summed E-state index contributed by atoms with van der Waals surface area (Å²) >= 11 is 5.86. The number of hydrogen-bond acceptors (Lipinski definition) is 5. The number of nitrogens with zero attached hydrogens (tertiary/aromatic N) is 2. The van der Waals surface area contributed by atoms with Crippen LogP contribution >= 0.6 is 11.6 Å². The van der Waals surface area contributed by atoms with Gasteiger partial charge >= 0.3 is 0 Å². The van der Waals surface area contributed by atoms with Crippen LogP contribution in [0.5, 0.6) is 5.75 Å². The molecule has 9 heteroatoms. The maximum atomic E-state index is 13.0. The number of amides is 1. The first-order valence-corrected chi connectivity index (χ1v) is 10.6. The third kappa shape index (κ3) is 4.47. The first kappa shape index (κ1) is 20.6. The topological polar surface area (TPSA) is 79.0 Å². The Labute approximate surface area is 169 Å². The highest BCUT2D eigenvalue weighted by atomic mass is 35.5. The lowest BCUT2D eigenvalue weighted by atomic mass is 10.2. The van der Waals surface area contributed by atoms with E-state index in [-0.39, 0.29) is 10.5 Å². The number of sulfonamides is 1. The van der Waals surface area contributed by atoms with Crippen LogP contribution in [0.2, 0.25) is 5.02 Å². The quantitative estimate of drug-likeness (QED) is 0.799. The Morgan fingerprint density at radius 3 is 2.32 bits per heavy atom. The van der Waals surface area contributed by atoms with Crippen molar-refractivity contribution in [3.63, 3.8) is 0 Å². The van der Waals surface area contributed by atoms with E-state index >= 15 is 0 Å². The van der Waals surface area contributed by atoms with Crippen molar-refractivity contribution in [1.82, 2.24) is 9.21 Å². The second-order valence-electron chi connectivity index (χ2n) is 6.53. The fourth-order valence-corrected chi connectivity index (χ4v) is 4.51. The van der Waals surface area contributed by atoms with Crippen molar-refractivity contribution in [3.05, 3.63) is 53.1 Å². The van der Waals surface area contributed by atoms with Crippen molar-refractivity contribution in [2.24, 2.45) is 0 Å². The highest BCUT2D eigenvalue weighted by molar-refractivity contribution is 7.89. The molecule has 3 rings (SSSR count). The monoisotopic (exact) mass is 423 g/mol. The van der Waals surface area contributed by atoms with Crippen molar-refractivity contribution in [2.75, 3.05) is 45.7 Å². The van der Waals surface area contributed by atoms with Crippen molar-refractivity contribution >= 4 is 33.2 Å². The Morgan fingerprint density at radius 1 is 1.07 bits per heavy atom. The Balaban J connectivity index is 1.89. The van der Waals surface area contributed by atoms with Crippen LogP contribution in [0.25, 0.3) is 0 Å². The van der Waals surface area contributed by atoms with E-state index in [2.05, 4.69) is 10.2 Å². The van der Waals surface area contributed by atoms with Gasteiger partial charge in [0.25, 0.3) is 5.91 Å². The van der Waals surface area contributed by atoms with Gasteiger partial charge in [-0.15, -0.1) is 0 Å². The van der Waals surface area contributed by atoms with Gasteiger partial charge in [-0.1, -0.05) is 11.6 Å². The zero-order valence-electron chi connectivity index (χ0n) is 15.7. The predicted octanol–water partition coefficient (Wildman–Crippen LogP) is 2.54. The smallest absolute Gasteiger partial charge is 0.259 e. The highest BCUT2D eigenvalue weighted by Gasteiger charge is 2.29. The number of carbonyl (C=O) groups excluding carboxylic acids is 1. The number of likely N-dealkylation sites (N-methyl/N-ethyl adjacent to an activating group) is 1. The van der Waals surface area contributed by atoms with E-state index in [1.54, 1.807) is 24.3 Å². The number of ether oxygens (including phenoxy) is 1. The molecular formula is C19H22ClN3O4S. The van der Waals surface area contributed by atoms with Gasteiger partial charge in [0.15, 0.2) is 0 Å². The minimum atomic E-state index is -3.69. The van der Waals surface area contributed by atoms with E-state index in [9.17, 15) is 13.2 Å². The molecule has 1 aliphatic rings. The highest BCUT2D eigenvalue weighted by Crippen LogP contribution is 2.26. The SMILES string of the molecule is COc1ccc(S(=O)(=O)N2CCN(C)CC2)cc1C(=O)Nc1ccc(Cl)cc1. The maximum absolute atomic E-state index is 13.0. The number of halogens is 1. The molecule has 1 saturated heterocycles. The van der Waals surface area contributed by atoms with E-state index in [0.29, 0.717) is 42.6 Å². The molecule has 150 valence electrons. The van der Waals surface area contributed by atoms with E-state index in [1.165, 1.54) is 29.6 Å². The minimum absolute atomic E-state index is 0.0686. The van der Waals surface area contributed by atoms with Crippen molar-refractivity contribution < 1.29 is 17.9 Å². The minimum Gasteiger partial charge on any atom is -0.496 e. The molecule has 1 fully saturated rings. The summed E-state index contributed by atoms with van der Waals surface area (Å²) in [6, 6.07) is 11.0. The zero-order chi connectivity index (χ0) is 20.3. The number of hydrogen-bond donors (Lipinski definition) is 1. The molecule has 1 N–H and O–H groups in total. The Morgan fingerprint density at radius 2 is 1.71 bits per heavy atom. The second-order valence-corrected chi connectivity index (χ2v) is 8.90. The molecule has 2 aromatic rings. The standard InChI is InChI=1S/C19H22ClN3O4S/c1-22-9-11-23(12-10-22)28(25,26)16-7-8-18(27-2)17(13-16)19(24)21-15-5-3-14(20)4-6-15/h3-8,13H,9-12H2,1-2H3,(H,21,24). The molecule has 1 amide bonds. The van der Waals surface area contributed by atoms with Crippen LogP contribution < -0.4 is 10.1 Å². The molecule has 0 atom stereocenters. The normalized spacial score (nSPS) is 16.0. The van der Waals surface area contributed by atoms with Crippen LogP contribution in [0.15, 0.2) is 47.4 Å². The summed E-state index contributed by atoms with van der Waals surface area (Å²) in [4.78, 5) is 14.9. The molecule has 0 bridgehead atoms. The van der Waals surface area contributed by atoms with Gasteiger partial charge in [-0.3, -0.25) is 4.79 Å². The third-order valence-electron chi connectivity index (χ3n) is 4.62. The van der Waals surface area contributed by atoms with Gasteiger partial charge in [0.05, 0.1) is 17.6 Å². The summed E-state index contributed by atoms with van der Waals surface area (Å²) in [5.41, 5.74) is 0.691. The number of piperazine rings is 1. The number of anilines is 1. The Kier molecular flexibility index (Phi) is 6.24. The lowest BCUT2D eigenvalue weighted by Gasteiger charge is -2.31. The van der Waals surface area contributed by atoms with Crippen LogP contribution in [-0.4, -0.2) is 63.9 Å². The summed E-state index contributed by atoms with van der Waals surface area (Å²) in [7, 11) is -0.303. The van der Waals surface area contributed by atoms with Crippen LogP contribution in [0.1, 0.15) is 10.4 Å². The summed E-state index contributed by atoms with van der Waals surface area (Å²) in [6.07, 6.45) is 0. The maximum Gasteiger partial charge on any atom is 0.259 e. The van der Waals surface area contributed by atoms with Gasteiger partial charge in [-0.05, 0) is 49.5 Å². The number of benzene rings is 2. The molecule has 0 aliphatic carbocycles. The van der Waals surface area contributed by atoms with Crippen LogP contribution in [0.3, 0.4) is 0 Å². The molecule has 2 aromatic carbocycles. The average Bonchev–Trinajstić information content (AvgIpc) is 2.69. The van der Waals surface area contributed by atoms with Gasteiger partial charge < -0.3 is 15.0 Å². The van der Waals surface area contributed by atoms with Crippen LogP contribution in [0.4, 0.5) is 5.69 Å². The summed E-state index contributed by atoms with van der Waals surface area (Å²) in [5.74, 6) is -0.168. The molecule has 0 spiro atoms. The molecule has 0 unspecified atom stereocenters. The second kappa shape index (κ2) is 8.48. The third-order valence-corrected chi connectivity index (χ3v) is 6.76. The molecule has 0 radical (unpaired) electrons. The molecule has 0 aromatic heterocycles. The number of rotatable bonds is 5. The Bertz CT molecular complexity index is 956. The molecule has 7 nitrogen and oxygen atoms in total. The van der Waals surface area contributed by atoms with E-state index in [4.69, 9.17) is 16.3 Å². The summed E-state index contributed by atoms with van der Waals surface area (Å²) in [6.45, 7) is 2.16. The van der Waals surface area contributed by atoms with Crippen LogP contribution in [0, 0.1) is 0 Å². The predicted molar refractivity (Wildman–Crippen MR) is 109 cm³/mol. The van der Waals surface area contributed by atoms with Gasteiger partial charge in [-0.2, -0.15) is 4.31 Å². The van der Waals surface area contributed by atoms with Gasteiger partial charge in [0, 0.05) is 36.9 Å². The Hall–Kier alpha value is -2.13. The fourth-order valence-electron chi connectivity index (χ4n) is 2.93. The van der Waals surface area contributed by atoms with Crippen molar-refractivity contribution in [1.29, 1.82) is 0 Å². The molecule has 0 saturated carbocycles. The summed E-state index contributed by atoms with van der Waals surface area (Å²) < 4.78 is 32.7. The first-order valence-electron chi connectivity index (χ1n) is 8.75. The fraction of sp³-hybridized carbons (Fsp3) is 0.316. The van der Waals surface area contributed by atoms with Crippen LogP contribution in [-0.2, 0) is 10.0 Å². The zero-order valence-corrected chi connectivity index (χ0v) is 17.3. The van der Waals surface area contributed by atoms with Gasteiger partial charge in [-0.25, -0.2) is 8.42 Å². The number of nitrogens with one attached hydrogen (secondary N) is 1. The first-order chi connectivity index (χ1) is 13.3. The van der Waals surface area contributed by atoms with E-state index in [0.717, 1.165) is 0 Å². The largest absolute Gasteiger partial charge is 0.496 e. The summed E-state index contributed by atoms with van der Waals surface area (Å²) in [5, 5.41) is 3.28. The lowest BCUT2D eigenvalue weighted by Crippen LogP contribution is -2.47.